The zero-order valence-electron chi connectivity index (χ0n) is 16.2. The number of methoxy groups -OCH3 is 1. The lowest BCUT2D eigenvalue weighted by atomic mass is 9.86. The number of ether oxygens (including phenoxy) is 1. The maximum absolute atomic E-state index is 13.0. The normalized spacial score (nSPS) is 21.3. The fourth-order valence-corrected chi connectivity index (χ4v) is 4.63. The molecule has 0 saturated carbocycles. The topological polar surface area (TPSA) is 85.9 Å². The van der Waals surface area contributed by atoms with Gasteiger partial charge in [0.1, 0.15) is 6.04 Å². The summed E-state index contributed by atoms with van der Waals surface area (Å²) in [5.41, 5.74) is 3.62. The molecule has 29 heavy (non-hydrogen) atoms. The molecule has 2 N–H and O–H groups in total. The minimum Gasteiger partial charge on any atom is -0.504 e. The SMILES string of the molecule is COc1ccc(C2c3[nH]c4ccccc4c3CC3C(=O)N(C)CC(=O)N32)cc1O. The minimum absolute atomic E-state index is 0.00214. The lowest BCUT2D eigenvalue weighted by molar-refractivity contribution is -0.157. The van der Waals surface area contributed by atoms with Crippen molar-refractivity contribution in [1.82, 2.24) is 14.8 Å². The lowest BCUT2D eigenvalue weighted by Gasteiger charge is -2.46. The fraction of sp³-hybridized carbons (Fsp3) is 0.273. The van der Waals surface area contributed by atoms with E-state index in [1.165, 1.54) is 12.0 Å². The molecule has 3 aromatic rings. The molecule has 1 fully saturated rings. The first-order valence-electron chi connectivity index (χ1n) is 9.52. The van der Waals surface area contributed by atoms with Gasteiger partial charge in [0.2, 0.25) is 11.8 Å². The molecule has 1 saturated heterocycles. The van der Waals surface area contributed by atoms with Crippen LogP contribution in [0.25, 0.3) is 10.9 Å². The summed E-state index contributed by atoms with van der Waals surface area (Å²) in [5, 5.41) is 11.4. The highest BCUT2D eigenvalue weighted by Gasteiger charge is 2.47. The summed E-state index contributed by atoms with van der Waals surface area (Å²) >= 11 is 0. The fourth-order valence-electron chi connectivity index (χ4n) is 4.63. The van der Waals surface area contributed by atoms with Crippen LogP contribution in [0.15, 0.2) is 42.5 Å². The number of nitrogens with zero attached hydrogens (tertiary/aromatic N) is 2. The highest BCUT2D eigenvalue weighted by atomic mass is 16.5. The van der Waals surface area contributed by atoms with Crippen molar-refractivity contribution >= 4 is 22.7 Å². The highest BCUT2D eigenvalue weighted by Crippen LogP contribution is 2.43. The molecule has 5 rings (SSSR count). The molecule has 7 nitrogen and oxygen atoms in total. The van der Waals surface area contributed by atoms with Gasteiger partial charge in [0, 0.05) is 30.1 Å². The van der Waals surface area contributed by atoms with Crippen LogP contribution in [0.3, 0.4) is 0 Å². The van der Waals surface area contributed by atoms with Crippen LogP contribution in [-0.2, 0) is 16.0 Å². The monoisotopic (exact) mass is 391 g/mol. The Morgan fingerprint density at radius 1 is 1.17 bits per heavy atom. The lowest BCUT2D eigenvalue weighted by Crippen LogP contribution is -2.62. The van der Waals surface area contributed by atoms with Gasteiger partial charge in [-0.05, 0) is 29.3 Å². The van der Waals surface area contributed by atoms with E-state index in [4.69, 9.17) is 4.74 Å². The molecule has 0 radical (unpaired) electrons. The van der Waals surface area contributed by atoms with Gasteiger partial charge in [-0.25, -0.2) is 0 Å². The molecule has 148 valence electrons. The van der Waals surface area contributed by atoms with E-state index in [1.807, 2.05) is 30.3 Å². The van der Waals surface area contributed by atoms with Crippen molar-refractivity contribution < 1.29 is 19.4 Å². The van der Waals surface area contributed by atoms with Gasteiger partial charge in [-0.3, -0.25) is 9.59 Å². The Labute approximate surface area is 167 Å². The highest BCUT2D eigenvalue weighted by molar-refractivity contribution is 5.97. The zero-order chi connectivity index (χ0) is 20.3. The number of rotatable bonds is 2. The van der Waals surface area contributed by atoms with Gasteiger partial charge >= 0.3 is 0 Å². The van der Waals surface area contributed by atoms with Crippen molar-refractivity contribution in [2.75, 3.05) is 20.7 Å². The van der Waals surface area contributed by atoms with Crippen LogP contribution in [0.5, 0.6) is 11.5 Å². The van der Waals surface area contributed by atoms with Crippen LogP contribution in [0.2, 0.25) is 0 Å². The quantitative estimate of drug-likeness (QED) is 0.701. The molecule has 1 aromatic heterocycles. The summed E-state index contributed by atoms with van der Waals surface area (Å²) in [6, 6.07) is 12.0. The number of hydrogen-bond acceptors (Lipinski definition) is 4. The predicted molar refractivity (Wildman–Crippen MR) is 107 cm³/mol. The van der Waals surface area contributed by atoms with Gasteiger partial charge in [-0.2, -0.15) is 0 Å². The van der Waals surface area contributed by atoms with Crippen LogP contribution in [-0.4, -0.2) is 58.4 Å². The first-order chi connectivity index (χ1) is 14.0. The van der Waals surface area contributed by atoms with Gasteiger partial charge in [0.25, 0.3) is 0 Å². The smallest absolute Gasteiger partial charge is 0.245 e. The van der Waals surface area contributed by atoms with Gasteiger partial charge in [0.15, 0.2) is 11.5 Å². The molecule has 2 aliphatic rings. The van der Waals surface area contributed by atoms with Crippen molar-refractivity contribution in [3.05, 3.63) is 59.3 Å². The van der Waals surface area contributed by atoms with Crippen molar-refractivity contribution in [3.63, 3.8) is 0 Å². The summed E-state index contributed by atoms with van der Waals surface area (Å²) in [6.45, 7) is 0.0452. The molecular formula is C22H21N3O4. The molecule has 2 unspecified atom stereocenters. The molecule has 2 aliphatic heterocycles. The largest absolute Gasteiger partial charge is 0.504 e. The maximum atomic E-state index is 13.0. The third-order valence-corrected chi connectivity index (χ3v) is 5.97. The standard InChI is InChI=1S/C22H21N3O4/c1-24-11-19(27)25-16(22(24)28)10-14-13-5-3-4-6-15(13)23-20(14)21(25)12-7-8-18(29-2)17(26)9-12/h3-9,16,21,23,26H,10-11H2,1-2H3. The third-order valence-electron chi connectivity index (χ3n) is 5.97. The number of benzene rings is 2. The summed E-state index contributed by atoms with van der Waals surface area (Å²) in [4.78, 5) is 32.6. The number of carbonyl (C=O) groups is 2. The number of H-pyrrole nitrogens is 1. The molecule has 2 atom stereocenters. The van der Waals surface area contributed by atoms with Crippen LogP contribution in [0, 0.1) is 0 Å². The van der Waals surface area contributed by atoms with Crippen LogP contribution in [0.4, 0.5) is 0 Å². The van der Waals surface area contributed by atoms with E-state index >= 15 is 0 Å². The number of phenolic OH excluding ortho intramolecular Hbond substituents is 1. The number of fused-ring (bicyclic) bond motifs is 4. The Hall–Kier alpha value is -3.48. The number of aromatic nitrogens is 1. The Bertz CT molecular complexity index is 1150. The van der Waals surface area contributed by atoms with Crippen LogP contribution < -0.4 is 4.74 Å². The second-order valence-corrected chi connectivity index (χ2v) is 7.61. The van der Waals surface area contributed by atoms with Gasteiger partial charge in [0.05, 0.1) is 19.7 Å². The van der Waals surface area contributed by atoms with Crippen molar-refractivity contribution in [2.24, 2.45) is 0 Å². The van der Waals surface area contributed by atoms with E-state index in [2.05, 4.69) is 4.98 Å². The van der Waals surface area contributed by atoms with E-state index in [9.17, 15) is 14.7 Å². The number of amides is 2. The third kappa shape index (κ3) is 2.50. The molecule has 0 bridgehead atoms. The average Bonchev–Trinajstić information content (AvgIpc) is 3.09. The molecular weight excluding hydrogens is 370 g/mol. The summed E-state index contributed by atoms with van der Waals surface area (Å²) in [5.74, 6) is 0.182. The predicted octanol–water partition coefficient (Wildman–Crippen LogP) is 2.20. The Balaban J connectivity index is 1.75. The van der Waals surface area contributed by atoms with Crippen molar-refractivity contribution in [3.8, 4) is 11.5 Å². The summed E-state index contributed by atoms with van der Waals surface area (Å²) in [6.07, 6.45) is 0.465. The Kier molecular flexibility index (Phi) is 3.81. The zero-order valence-corrected chi connectivity index (χ0v) is 16.2. The molecule has 0 spiro atoms. The van der Waals surface area contributed by atoms with E-state index in [0.717, 1.165) is 27.7 Å². The van der Waals surface area contributed by atoms with Crippen LogP contribution >= 0.6 is 0 Å². The van der Waals surface area contributed by atoms with Gasteiger partial charge in [-0.1, -0.05) is 24.3 Å². The van der Waals surface area contributed by atoms with Gasteiger partial charge in [-0.15, -0.1) is 0 Å². The second kappa shape index (κ2) is 6.27. The number of hydrogen-bond donors (Lipinski definition) is 2. The molecule has 2 amide bonds. The van der Waals surface area contributed by atoms with E-state index < -0.39 is 12.1 Å². The second-order valence-electron chi connectivity index (χ2n) is 7.61. The first kappa shape index (κ1) is 17.6. The number of piperazine rings is 1. The minimum atomic E-state index is -0.567. The van der Waals surface area contributed by atoms with E-state index in [1.54, 1.807) is 24.1 Å². The van der Waals surface area contributed by atoms with Crippen LogP contribution in [0.1, 0.15) is 22.9 Å². The Morgan fingerprint density at radius 3 is 2.72 bits per heavy atom. The molecule has 7 heteroatoms. The number of phenols is 1. The van der Waals surface area contributed by atoms with Crippen molar-refractivity contribution in [1.29, 1.82) is 0 Å². The maximum Gasteiger partial charge on any atom is 0.245 e. The van der Waals surface area contributed by atoms with E-state index in [0.29, 0.717) is 12.2 Å². The Morgan fingerprint density at radius 2 is 1.97 bits per heavy atom. The summed E-state index contributed by atoms with van der Waals surface area (Å²) < 4.78 is 5.16. The summed E-state index contributed by atoms with van der Waals surface area (Å²) in [7, 11) is 3.15. The average molecular weight is 391 g/mol. The number of likely N-dealkylation sites (N-methyl/N-ethyl adjacent to an activating group) is 1. The number of carbonyl (C=O) groups excluding carboxylic acids is 2. The number of aromatic hydroxyl groups is 1. The number of para-hydroxylation sites is 1. The molecule has 0 aliphatic carbocycles. The van der Waals surface area contributed by atoms with Crippen molar-refractivity contribution in [2.45, 2.75) is 18.5 Å². The first-order valence-corrected chi connectivity index (χ1v) is 9.52. The van der Waals surface area contributed by atoms with Gasteiger partial charge < -0.3 is 24.6 Å². The number of aromatic amines is 1. The number of nitrogens with one attached hydrogen (secondary N) is 1. The molecule has 2 aromatic carbocycles. The van der Waals surface area contributed by atoms with E-state index in [-0.39, 0.29) is 24.1 Å². The molecule has 3 heterocycles.